The van der Waals surface area contributed by atoms with Crippen molar-refractivity contribution in [2.45, 2.75) is 26.1 Å². The summed E-state index contributed by atoms with van der Waals surface area (Å²) in [6, 6.07) is 9.39. The van der Waals surface area contributed by atoms with Crippen LogP contribution in [0.2, 0.25) is 0 Å². The van der Waals surface area contributed by atoms with Crippen molar-refractivity contribution >= 4 is 5.91 Å². The fourth-order valence-electron chi connectivity index (χ4n) is 2.32. The molecule has 0 bridgehead atoms. The molecule has 1 unspecified atom stereocenters. The van der Waals surface area contributed by atoms with Gasteiger partial charge in [-0.25, -0.2) is 0 Å². The van der Waals surface area contributed by atoms with Gasteiger partial charge in [-0.05, 0) is 42.3 Å². The maximum Gasteiger partial charge on any atom is 0.251 e. The third-order valence-corrected chi connectivity index (χ3v) is 3.42. The van der Waals surface area contributed by atoms with Gasteiger partial charge >= 0.3 is 0 Å². The number of furan rings is 1. The lowest BCUT2D eigenvalue weighted by Crippen LogP contribution is -2.26. The average Bonchev–Trinajstić information content (AvgIpc) is 3.09. The number of carbonyl (C=O) groups is 1. The van der Waals surface area contributed by atoms with Crippen LogP contribution in [0, 0.1) is 0 Å². The zero-order valence-corrected chi connectivity index (χ0v) is 10.8. The van der Waals surface area contributed by atoms with Crippen LogP contribution in [0.3, 0.4) is 0 Å². The van der Waals surface area contributed by atoms with E-state index in [9.17, 15) is 4.79 Å². The molecule has 0 saturated carbocycles. The van der Waals surface area contributed by atoms with Crippen molar-refractivity contribution in [3.63, 3.8) is 0 Å². The zero-order valence-electron chi connectivity index (χ0n) is 10.8. The number of nitrogens with one attached hydrogen (secondary N) is 2. The highest BCUT2D eigenvalue weighted by Gasteiger charge is 2.16. The van der Waals surface area contributed by atoms with Gasteiger partial charge in [0.15, 0.2) is 0 Å². The fraction of sp³-hybridized carbons (Fsp3) is 0.267. The van der Waals surface area contributed by atoms with Crippen molar-refractivity contribution in [3.05, 3.63) is 59.0 Å². The van der Waals surface area contributed by atoms with Gasteiger partial charge in [-0.1, -0.05) is 6.07 Å². The Hall–Kier alpha value is -2.07. The SMILES string of the molecule is CC(NC(=O)c1ccc2c(c1)CNC2)c1ccco1. The Balaban J connectivity index is 1.74. The highest BCUT2D eigenvalue weighted by atomic mass is 16.3. The first kappa shape index (κ1) is 12.0. The van der Waals surface area contributed by atoms with Crippen LogP contribution in [0.5, 0.6) is 0 Å². The van der Waals surface area contributed by atoms with Crippen molar-refractivity contribution < 1.29 is 9.21 Å². The minimum absolute atomic E-state index is 0.0707. The van der Waals surface area contributed by atoms with Crippen LogP contribution in [0.1, 0.15) is 40.2 Å². The number of hydrogen-bond acceptors (Lipinski definition) is 3. The Morgan fingerprint density at radius 2 is 2.16 bits per heavy atom. The summed E-state index contributed by atoms with van der Waals surface area (Å²) in [7, 11) is 0. The second-order valence-electron chi connectivity index (χ2n) is 4.80. The van der Waals surface area contributed by atoms with Crippen molar-refractivity contribution in [2.24, 2.45) is 0 Å². The smallest absolute Gasteiger partial charge is 0.251 e. The van der Waals surface area contributed by atoms with Gasteiger partial charge < -0.3 is 15.1 Å². The second-order valence-corrected chi connectivity index (χ2v) is 4.80. The van der Waals surface area contributed by atoms with Gasteiger partial charge in [0.2, 0.25) is 0 Å². The maximum atomic E-state index is 12.2. The van der Waals surface area contributed by atoms with Crippen molar-refractivity contribution in [3.8, 4) is 0 Å². The van der Waals surface area contributed by atoms with Gasteiger partial charge in [0, 0.05) is 18.7 Å². The molecule has 0 fully saturated rings. The molecule has 1 aromatic carbocycles. The summed E-state index contributed by atoms with van der Waals surface area (Å²) in [5.74, 6) is 0.690. The van der Waals surface area contributed by atoms with E-state index in [-0.39, 0.29) is 11.9 Å². The minimum Gasteiger partial charge on any atom is -0.467 e. The third-order valence-electron chi connectivity index (χ3n) is 3.42. The molecule has 0 radical (unpaired) electrons. The molecular formula is C15H16N2O2. The predicted octanol–water partition coefficient (Wildman–Crippen LogP) is 2.37. The summed E-state index contributed by atoms with van der Waals surface area (Å²) in [4.78, 5) is 12.2. The molecule has 19 heavy (non-hydrogen) atoms. The summed E-state index contributed by atoms with van der Waals surface area (Å²) in [5, 5.41) is 6.21. The van der Waals surface area contributed by atoms with Crippen LogP contribution in [0.4, 0.5) is 0 Å². The Morgan fingerprint density at radius 3 is 2.95 bits per heavy atom. The number of benzene rings is 1. The lowest BCUT2D eigenvalue weighted by atomic mass is 10.1. The van der Waals surface area contributed by atoms with Crippen molar-refractivity contribution in [1.29, 1.82) is 0 Å². The number of rotatable bonds is 3. The standard InChI is InChI=1S/C15H16N2O2/c1-10(14-3-2-6-19-14)17-15(18)11-4-5-12-8-16-9-13(12)7-11/h2-7,10,16H,8-9H2,1H3,(H,17,18). The van der Waals surface area contributed by atoms with E-state index in [4.69, 9.17) is 4.42 Å². The summed E-state index contributed by atoms with van der Waals surface area (Å²) < 4.78 is 5.28. The molecule has 98 valence electrons. The summed E-state index contributed by atoms with van der Waals surface area (Å²) in [6.45, 7) is 3.63. The summed E-state index contributed by atoms with van der Waals surface area (Å²) in [5.41, 5.74) is 3.18. The molecule has 1 atom stereocenters. The van der Waals surface area contributed by atoms with Crippen LogP contribution in [-0.4, -0.2) is 5.91 Å². The minimum atomic E-state index is -0.131. The molecule has 1 aliphatic heterocycles. The van der Waals surface area contributed by atoms with Crippen molar-refractivity contribution in [1.82, 2.24) is 10.6 Å². The van der Waals surface area contributed by atoms with Crippen LogP contribution >= 0.6 is 0 Å². The van der Waals surface area contributed by atoms with Gasteiger partial charge in [-0.3, -0.25) is 4.79 Å². The first-order valence-corrected chi connectivity index (χ1v) is 6.41. The molecule has 2 N–H and O–H groups in total. The van der Waals surface area contributed by atoms with Crippen LogP contribution < -0.4 is 10.6 Å². The molecule has 3 rings (SSSR count). The van der Waals surface area contributed by atoms with Gasteiger partial charge in [-0.2, -0.15) is 0 Å². The normalized spacial score (nSPS) is 15.0. The fourth-order valence-corrected chi connectivity index (χ4v) is 2.32. The van der Waals surface area contributed by atoms with E-state index in [0.29, 0.717) is 5.56 Å². The summed E-state index contributed by atoms with van der Waals surface area (Å²) >= 11 is 0. The van der Waals surface area contributed by atoms with E-state index in [2.05, 4.69) is 10.6 Å². The quantitative estimate of drug-likeness (QED) is 0.886. The lowest BCUT2D eigenvalue weighted by Gasteiger charge is -2.12. The number of hydrogen-bond donors (Lipinski definition) is 2. The van der Waals surface area contributed by atoms with E-state index >= 15 is 0 Å². The monoisotopic (exact) mass is 256 g/mol. The van der Waals surface area contributed by atoms with Gasteiger partial charge in [0.05, 0.1) is 12.3 Å². The molecule has 0 spiro atoms. The molecule has 2 aromatic rings. The highest BCUT2D eigenvalue weighted by Crippen LogP contribution is 2.18. The first-order valence-electron chi connectivity index (χ1n) is 6.41. The Bertz CT molecular complexity index is 590. The molecule has 4 nitrogen and oxygen atoms in total. The Kier molecular flexibility index (Phi) is 3.09. The maximum absolute atomic E-state index is 12.2. The number of amides is 1. The van der Waals surface area contributed by atoms with Crippen LogP contribution in [0.25, 0.3) is 0 Å². The third kappa shape index (κ3) is 2.39. The average molecular weight is 256 g/mol. The second kappa shape index (κ2) is 4.90. The van der Waals surface area contributed by atoms with E-state index in [1.54, 1.807) is 6.26 Å². The molecule has 0 aliphatic carbocycles. The van der Waals surface area contributed by atoms with Crippen molar-refractivity contribution in [2.75, 3.05) is 0 Å². The first-order chi connectivity index (χ1) is 9.24. The van der Waals surface area contributed by atoms with E-state index in [1.165, 1.54) is 11.1 Å². The van der Waals surface area contributed by atoms with Crippen LogP contribution in [-0.2, 0) is 13.1 Å². The Morgan fingerprint density at radius 1 is 1.32 bits per heavy atom. The Labute approximate surface area is 111 Å². The largest absolute Gasteiger partial charge is 0.467 e. The van der Waals surface area contributed by atoms with Gasteiger partial charge in [0.1, 0.15) is 5.76 Å². The molecular weight excluding hydrogens is 240 g/mol. The van der Waals surface area contributed by atoms with E-state index < -0.39 is 0 Å². The lowest BCUT2D eigenvalue weighted by molar-refractivity contribution is 0.0935. The van der Waals surface area contributed by atoms with Gasteiger partial charge in [0.25, 0.3) is 5.91 Å². The number of fused-ring (bicyclic) bond motifs is 1. The van der Waals surface area contributed by atoms with Gasteiger partial charge in [-0.15, -0.1) is 0 Å². The molecule has 1 aromatic heterocycles. The predicted molar refractivity (Wildman–Crippen MR) is 71.6 cm³/mol. The molecule has 0 saturated heterocycles. The molecule has 1 amide bonds. The topological polar surface area (TPSA) is 54.3 Å². The molecule has 1 aliphatic rings. The molecule has 4 heteroatoms. The molecule has 2 heterocycles. The van der Waals surface area contributed by atoms with E-state index in [1.807, 2.05) is 37.3 Å². The van der Waals surface area contributed by atoms with Crippen LogP contribution in [0.15, 0.2) is 41.0 Å². The highest BCUT2D eigenvalue weighted by molar-refractivity contribution is 5.94. The van der Waals surface area contributed by atoms with E-state index in [0.717, 1.165) is 18.8 Å². The zero-order chi connectivity index (χ0) is 13.2. The number of carbonyl (C=O) groups excluding carboxylic acids is 1. The summed E-state index contributed by atoms with van der Waals surface area (Å²) in [6.07, 6.45) is 1.61.